The summed E-state index contributed by atoms with van der Waals surface area (Å²) in [4.78, 5) is 2.75. The monoisotopic (exact) mass is 181 g/mol. The molecular formula is C12H23N. The van der Waals surface area contributed by atoms with Gasteiger partial charge in [0.25, 0.3) is 0 Å². The Labute approximate surface area is 82.5 Å². The molecule has 2 aliphatic rings. The predicted molar refractivity (Wildman–Crippen MR) is 56.8 cm³/mol. The second-order valence-electron chi connectivity index (χ2n) is 5.38. The van der Waals surface area contributed by atoms with Crippen molar-refractivity contribution in [1.82, 2.24) is 4.90 Å². The van der Waals surface area contributed by atoms with Crippen molar-refractivity contribution in [3.8, 4) is 0 Å². The smallest absolute Gasteiger partial charge is 0.0176 e. The minimum absolute atomic E-state index is 0.492. The summed E-state index contributed by atoms with van der Waals surface area (Å²) in [6.45, 7) is 9.86. The van der Waals surface area contributed by atoms with Crippen LogP contribution in [-0.2, 0) is 0 Å². The molecule has 1 saturated carbocycles. The highest BCUT2D eigenvalue weighted by Gasteiger charge is 2.50. The zero-order valence-corrected chi connectivity index (χ0v) is 9.40. The minimum Gasteiger partial charge on any atom is -0.297 e. The van der Waals surface area contributed by atoms with Crippen LogP contribution in [0.2, 0.25) is 0 Å². The van der Waals surface area contributed by atoms with Crippen molar-refractivity contribution in [1.29, 1.82) is 0 Å². The third kappa shape index (κ3) is 1.52. The maximum atomic E-state index is 2.75. The summed E-state index contributed by atoms with van der Waals surface area (Å²) < 4.78 is 0. The van der Waals surface area contributed by atoms with Gasteiger partial charge in [0.1, 0.15) is 0 Å². The lowest BCUT2D eigenvalue weighted by Gasteiger charge is -2.37. The van der Waals surface area contributed by atoms with Crippen molar-refractivity contribution >= 4 is 0 Å². The van der Waals surface area contributed by atoms with Gasteiger partial charge in [-0.3, -0.25) is 4.90 Å². The van der Waals surface area contributed by atoms with E-state index in [1.807, 2.05) is 0 Å². The van der Waals surface area contributed by atoms with Crippen LogP contribution in [0, 0.1) is 5.41 Å². The first-order valence-corrected chi connectivity index (χ1v) is 5.89. The van der Waals surface area contributed by atoms with Crippen LogP contribution in [0.15, 0.2) is 0 Å². The Kier molecular flexibility index (Phi) is 2.18. The van der Waals surface area contributed by atoms with E-state index in [9.17, 15) is 0 Å². The first-order valence-electron chi connectivity index (χ1n) is 5.89. The van der Waals surface area contributed by atoms with Crippen LogP contribution < -0.4 is 0 Å². The highest BCUT2D eigenvalue weighted by atomic mass is 15.2. The third-order valence-corrected chi connectivity index (χ3v) is 4.68. The van der Waals surface area contributed by atoms with Crippen LogP contribution in [0.3, 0.4) is 0 Å². The van der Waals surface area contributed by atoms with Crippen LogP contribution in [-0.4, -0.2) is 23.5 Å². The minimum atomic E-state index is 0.492. The summed E-state index contributed by atoms with van der Waals surface area (Å²) in [6.07, 6.45) is 7.10. The van der Waals surface area contributed by atoms with E-state index in [4.69, 9.17) is 0 Å². The summed E-state index contributed by atoms with van der Waals surface area (Å²) in [6, 6.07) is 0. The van der Waals surface area contributed by atoms with E-state index in [1.165, 1.54) is 45.2 Å². The molecule has 0 N–H and O–H groups in total. The molecule has 0 aromatic heterocycles. The van der Waals surface area contributed by atoms with Gasteiger partial charge in [-0.05, 0) is 51.0 Å². The van der Waals surface area contributed by atoms with Gasteiger partial charge in [0.05, 0.1) is 0 Å². The van der Waals surface area contributed by atoms with Crippen LogP contribution in [0.5, 0.6) is 0 Å². The van der Waals surface area contributed by atoms with Crippen molar-refractivity contribution in [3.05, 3.63) is 0 Å². The van der Waals surface area contributed by atoms with Gasteiger partial charge in [-0.15, -0.1) is 0 Å². The lowest BCUT2D eigenvalue weighted by atomic mass is 9.93. The standard InChI is InChI=1S/C12H23N/c1-4-11(3,5-2)13-9-8-12(10-13)6-7-12/h4-10H2,1-3H3. The quantitative estimate of drug-likeness (QED) is 0.647. The molecule has 0 unspecified atom stereocenters. The van der Waals surface area contributed by atoms with Gasteiger partial charge in [0.2, 0.25) is 0 Å². The number of likely N-dealkylation sites (tertiary alicyclic amines) is 1. The second-order valence-corrected chi connectivity index (χ2v) is 5.38. The molecule has 0 bridgehead atoms. The van der Waals surface area contributed by atoms with Gasteiger partial charge in [-0.25, -0.2) is 0 Å². The third-order valence-electron chi connectivity index (χ3n) is 4.68. The lowest BCUT2D eigenvalue weighted by Crippen LogP contribution is -2.44. The highest BCUT2D eigenvalue weighted by molar-refractivity contribution is 5.03. The van der Waals surface area contributed by atoms with Crippen molar-refractivity contribution < 1.29 is 0 Å². The first-order chi connectivity index (χ1) is 6.14. The molecule has 1 aliphatic carbocycles. The van der Waals surface area contributed by atoms with Crippen LogP contribution in [0.25, 0.3) is 0 Å². The average Bonchev–Trinajstić information content (AvgIpc) is 2.75. The number of rotatable bonds is 3. The van der Waals surface area contributed by atoms with E-state index < -0.39 is 0 Å². The summed E-state index contributed by atoms with van der Waals surface area (Å²) in [7, 11) is 0. The van der Waals surface area contributed by atoms with E-state index in [0.29, 0.717) is 5.54 Å². The second kappa shape index (κ2) is 2.98. The van der Waals surface area contributed by atoms with Crippen molar-refractivity contribution in [2.75, 3.05) is 13.1 Å². The van der Waals surface area contributed by atoms with E-state index in [0.717, 1.165) is 5.41 Å². The SMILES string of the molecule is CCC(C)(CC)N1CCC2(CC2)C1. The molecule has 0 atom stereocenters. The summed E-state index contributed by atoms with van der Waals surface area (Å²) >= 11 is 0. The van der Waals surface area contributed by atoms with E-state index in [1.54, 1.807) is 0 Å². The lowest BCUT2D eigenvalue weighted by molar-refractivity contribution is 0.118. The van der Waals surface area contributed by atoms with Gasteiger partial charge < -0.3 is 0 Å². The Morgan fingerprint density at radius 2 is 1.77 bits per heavy atom. The molecule has 1 heteroatoms. The normalized spacial score (nSPS) is 27.0. The van der Waals surface area contributed by atoms with Gasteiger partial charge in [0.15, 0.2) is 0 Å². The molecule has 1 aliphatic heterocycles. The van der Waals surface area contributed by atoms with Crippen molar-refractivity contribution in [2.45, 2.75) is 58.4 Å². The van der Waals surface area contributed by atoms with Crippen LogP contribution in [0.4, 0.5) is 0 Å². The summed E-state index contributed by atoms with van der Waals surface area (Å²) in [5.74, 6) is 0. The highest BCUT2D eigenvalue weighted by Crippen LogP contribution is 2.54. The molecule has 2 fully saturated rings. The topological polar surface area (TPSA) is 3.24 Å². The molecule has 0 aromatic carbocycles. The zero-order chi connectivity index (χ0) is 9.53. The van der Waals surface area contributed by atoms with Crippen molar-refractivity contribution in [2.24, 2.45) is 5.41 Å². The van der Waals surface area contributed by atoms with Crippen molar-refractivity contribution in [3.63, 3.8) is 0 Å². The van der Waals surface area contributed by atoms with Gasteiger partial charge in [-0.2, -0.15) is 0 Å². The fraction of sp³-hybridized carbons (Fsp3) is 1.00. The maximum Gasteiger partial charge on any atom is 0.0176 e. The van der Waals surface area contributed by atoms with E-state index in [-0.39, 0.29) is 0 Å². The van der Waals surface area contributed by atoms with Gasteiger partial charge >= 0.3 is 0 Å². The predicted octanol–water partition coefficient (Wildman–Crippen LogP) is 3.05. The Hall–Kier alpha value is -0.0400. The maximum absolute atomic E-state index is 2.75. The molecule has 13 heavy (non-hydrogen) atoms. The molecule has 76 valence electrons. The number of hydrogen-bond donors (Lipinski definition) is 0. The average molecular weight is 181 g/mol. The number of hydrogen-bond acceptors (Lipinski definition) is 1. The largest absolute Gasteiger partial charge is 0.297 e. The van der Waals surface area contributed by atoms with Gasteiger partial charge in [0, 0.05) is 12.1 Å². The molecule has 1 spiro atoms. The van der Waals surface area contributed by atoms with E-state index in [2.05, 4.69) is 25.7 Å². The molecule has 1 saturated heterocycles. The first kappa shape index (κ1) is 9.51. The van der Waals surface area contributed by atoms with Gasteiger partial charge in [-0.1, -0.05) is 13.8 Å². The summed E-state index contributed by atoms with van der Waals surface area (Å²) in [5, 5.41) is 0. The molecule has 2 rings (SSSR count). The molecule has 1 heterocycles. The molecule has 0 radical (unpaired) electrons. The molecule has 0 aromatic rings. The van der Waals surface area contributed by atoms with Crippen LogP contribution >= 0.6 is 0 Å². The Morgan fingerprint density at radius 1 is 1.15 bits per heavy atom. The Balaban J connectivity index is 2.00. The fourth-order valence-electron chi connectivity index (χ4n) is 2.68. The zero-order valence-electron chi connectivity index (χ0n) is 9.40. The Morgan fingerprint density at radius 3 is 2.15 bits per heavy atom. The fourth-order valence-corrected chi connectivity index (χ4v) is 2.68. The molecular weight excluding hydrogens is 158 g/mol. The van der Waals surface area contributed by atoms with E-state index >= 15 is 0 Å². The Bertz CT molecular complexity index is 189. The summed E-state index contributed by atoms with van der Waals surface area (Å²) in [5.41, 5.74) is 1.29. The number of nitrogens with zero attached hydrogens (tertiary/aromatic N) is 1. The molecule has 1 nitrogen and oxygen atoms in total. The van der Waals surface area contributed by atoms with Crippen LogP contribution in [0.1, 0.15) is 52.9 Å². The molecule has 0 amide bonds.